The van der Waals surface area contributed by atoms with Gasteiger partial charge in [0.25, 0.3) is 0 Å². The number of amides is 1. The number of carbonyl (C=O) groups excluding carboxylic acids is 1. The Labute approximate surface area is 106 Å². The zero-order valence-electron chi connectivity index (χ0n) is 10.3. The number of aliphatic carboxylic acids is 1. The molecule has 2 N–H and O–H groups in total. The van der Waals surface area contributed by atoms with Crippen molar-refractivity contribution < 1.29 is 14.7 Å². The summed E-state index contributed by atoms with van der Waals surface area (Å²) < 4.78 is 0. The fraction of sp³-hybridized carbons (Fsp3) is 0.429. The molecule has 0 aromatic heterocycles. The van der Waals surface area contributed by atoms with Gasteiger partial charge in [-0.15, -0.1) is 0 Å². The largest absolute Gasteiger partial charge is 0.480 e. The lowest BCUT2D eigenvalue weighted by Gasteiger charge is -2.14. The van der Waals surface area contributed by atoms with Crippen LogP contribution < -0.4 is 5.32 Å². The SMILES string of the molecule is C[C@@H]1C[C@@H]1C(=O)N[C@H](Cc1ccccc1)C(=O)O. The second-order valence-corrected chi connectivity index (χ2v) is 4.91. The highest BCUT2D eigenvalue weighted by atomic mass is 16.4. The molecule has 1 aromatic rings. The van der Waals surface area contributed by atoms with E-state index in [1.165, 1.54) is 0 Å². The Hall–Kier alpha value is -1.84. The predicted octanol–water partition coefficient (Wildman–Crippen LogP) is 1.45. The molecular weight excluding hydrogens is 230 g/mol. The molecule has 18 heavy (non-hydrogen) atoms. The maximum atomic E-state index is 11.7. The zero-order chi connectivity index (χ0) is 13.1. The quantitative estimate of drug-likeness (QED) is 0.827. The fourth-order valence-corrected chi connectivity index (χ4v) is 2.02. The van der Waals surface area contributed by atoms with Gasteiger partial charge in [0.05, 0.1) is 0 Å². The number of benzene rings is 1. The zero-order valence-corrected chi connectivity index (χ0v) is 10.3. The Morgan fingerprint density at radius 2 is 2.00 bits per heavy atom. The molecule has 0 heterocycles. The van der Waals surface area contributed by atoms with E-state index in [0.29, 0.717) is 12.3 Å². The van der Waals surface area contributed by atoms with Crippen molar-refractivity contribution in [3.05, 3.63) is 35.9 Å². The van der Waals surface area contributed by atoms with Crippen LogP contribution in [0.4, 0.5) is 0 Å². The van der Waals surface area contributed by atoms with E-state index in [0.717, 1.165) is 12.0 Å². The second kappa shape index (κ2) is 5.21. The minimum atomic E-state index is -0.986. The number of carboxylic acids is 1. The number of carboxylic acid groups (broad SMARTS) is 1. The Morgan fingerprint density at radius 1 is 1.39 bits per heavy atom. The van der Waals surface area contributed by atoms with E-state index < -0.39 is 12.0 Å². The normalized spacial score (nSPS) is 23.2. The van der Waals surface area contributed by atoms with Gasteiger partial charge >= 0.3 is 5.97 Å². The molecule has 0 saturated heterocycles. The van der Waals surface area contributed by atoms with Crippen LogP contribution in [0.5, 0.6) is 0 Å². The van der Waals surface area contributed by atoms with Crippen LogP contribution in [0.3, 0.4) is 0 Å². The molecule has 4 nitrogen and oxygen atoms in total. The third-order valence-corrected chi connectivity index (χ3v) is 3.34. The highest BCUT2D eigenvalue weighted by molar-refractivity contribution is 5.86. The van der Waals surface area contributed by atoms with Gasteiger partial charge in [-0.05, 0) is 17.9 Å². The van der Waals surface area contributed by atoms with Crippen molar-refractivity contribution in [2.24, 2.45) is 11.8 Å². The summed E-state index contributed by atoms with van der Waals surface area (Å²) in [7, 11) is 0. The molecule has 1 fully saturated rings. The Bertz CT molecular complexity index is 444. The van der Waals surface area contributed by atoms with Crippen molar-refractivity contribution in [3.63, 3.8) is 0 Å². The van der Waals surface area contributed by atoms with Crippen molar-refractivity contribution >= 4 is 11.9 Å². The molecule has 0 unspecified atom stereocenters. The molecule has 96 valence electrons. The number of nitrogens with one attached hydrogen (secondary N) is 1. The van der Waals surface area contributed by atoms with Crippen molar-refractivity contribution in [2.45, 2.75) is 25.8 Å². The molecule has 1 aliphatic rings. The average molecular weight is 247 g/mol. The first-order chi connectivity index (χ1) is 8.58. The highest BCUT2D eigenvalue weighted by Crippen LogP contribution is 2.37. The predicted molar refractivity (Wildman–Crippen MR) is 67.0 cm³/mol. The summed E-state index contributed by atoms with van der Waals surface area (Å²) in [6.45, 7) is 2.00. The average Bonchev–Trinajstić information content (AvgIpc) is 3.07. The maximum Gasteiger partial charge on any atom is 0.326 e. The molecule has 0 aliphatic heterocycles. The van der Waals surface area contributed by atoms with Crippen molar-refractivity contribution in [2.75, 3.05) is 0 Å². The molecule has 1 saturated carbocycles. The summed E-state index contributed by atoms with van der Waals surface area (Å²) in [6, 6.07) is 8.48. The smallest absolute Gasteiger partial charge is 0.326 e. The fourth-order valence-electron chi connectivity index (χ4n) is 2.02. The molecule has 1 aliphatic carbocycles. The van der Waals surface area contributed by atoms with E-state index in [2.05, 4.69) is 5.32 Å². The van der Waals surface area contributed by atoms with Gasteiger partial charge in [-0.3, -0.25) is 4.79 Å². The molecule has 0 spiro atoms. The summed E-state index contributed by atoms with van der Waals surface area (Å²) in [5, 5.41) is 11.8. The van der Waals surface area contributed by atoms with Crippen LogP contribution in [0.25, 0.3) is 0 Å². The first kappa shape index (κ1) is 12.6. The van der Waals surface area contributed by atoms with E-state index in [1.54, 1.807) is 0 Å². The maximum absolute atomic E-state index is 11.7. The van der Waals surface area contributed by atoms with Gasteiger partial charge in [-0.1, -0.05) is 37.3 Å². The van der Waals surface area contributed by atoms with Gasteiger partial charge in [0, 0.05) is 12.3 Å². The van der Waals surface area contributed by atoms with E-state index >= 15 is 0 Å². The van der Waals surface area contributed by atoms with Gasteiger partial charge in [0.1, 0.15) is 6.04 Å². The minimum absolute atomic E-state index is 0.00243. The van der Waals surface area contributed by atoms with Crippen LogP contribution in [-0.2, 0) is 16.0 Å². The second-order valence-electron chi connectivity index (χ2n) is 4.91. The van der Waals surface area contributed by atoms with Gasteiger partial charge in [-0.25, -0.2) is 4.79 Å². The first-order valence-corrected chi connectivity index (χ1v) is 6.15. The lowest BCUT2D eigenvalue weighted by molar-refractivity contribution is -0.142. The van der Waals surface area contributed by atoms with Crippen LogP contribution in [0.2, 0.25) is 0 Å². The van der Waals surface area contributed by atoms with Gasteiger partial charge in [0.2, 0.25) is 5.91 Å². The summed E-state index contributed by atoms with van der Waals surface area (Å²) in [5.74, 6) is -0.731. The lowest BCUT2D eigenvalue weighted by Crippen LogP contribution is -2.43. The van der Waals surface area contributed by atoms with Crippen LogP contribution in [-0.4, -0.2) is 23.0 Å². The molecule has 0 radical (unpaired) electrons. The van der Waals surface area contributed by atoms with E-state index in [9.17, 15) is 9.59 Å². The Morgan fingerprint density at radius 3 is 2.50 bits per heavy atom. The van der Waals surface area contributed by atoms with Gasteiger partial charge in [0.15, 0.2) is 0 Å². The third-order valence-electron chi connectivity index (χ3n) is 3.34. The standard InChI is InChI=1S/C14H17NO3/c1-9-7-11(9)13(16)15-12(14(17)18)8-10-5-3-2-4-6-10/h2-6,9,11-12H,7-8H2,1H3,(H,15,16)(H,17,18)/t9-,11+,12-/m1/s1. The summed E-state index contributed by atoms with van der Waals surface area (Å²) in [6.07, 6.45) is 1.19. The highest BCUT2D eigenvalue weighted by Gasteiger charge is 2.40. The van der Waals surface area contributed by atoms with Crippen molar-refractivity contribution in [3.8, 4) is 0 Å². The number of hydrogen-bond acceptors (Lipinski definition) is 2. The molecule has 2 rings (SSSR count). The van der Waals surface area contributed by atoms with Crippen molar-refractivity contribution in [1.82, 2.24) is 5.32 Å². The van der Waals surface area contributed by atoms with Gasteiger partial charge < -0.3 is 10.4 Å². The third kappa shape index (κ3) is 3.09. The lowest BCUT2D eigenvalue weighted by atomic mass is 10.1. The first-order valence-electron chi connectivity index (χ1n) is 6.15. The van der Waals surface area contributed by atoms with E-state index in [-0.39, 0.29) is 11.8 Å². The molecule has 1 aromatic carbocycles. The Kier molecular flexibility index (Phi) is 3.65. The topological polar surface area (TPSA) is 66.4 Å². The van der Waals surface area contributed by atoms with Crippen LogP contribution in [0.1, 0.15) is 18.9 Å². The molecule has 1 amide bonds. The number of hydrogen-bond donors (Lipinski definition) is 2. The van der Waals surface area contributed by atoms with Crippen molar-refractivity contribution in [1.29, 1.82) is 0 Å². The molecule has 0 bridgehead atoms. The summed E-state index contributed by atoms with van der Waals surface area (Å²) in [4.78, 5) is 22.9. The molecule has 4 heteroatoms. The van der Waals surface area contributed by atoms with Gasteiger partial charge in [-0.2, -0.15) is 0 Å². The number of carbonyl (C=O) groups is 2. The van der Waals surface area contributed by atoms with Crippen LogP contribution in [0.15, 0.2) is 30.3 Å². The Balaban J connectivity index is 1.96. The van der Waals surface area contributed by atoms with E-state index in [1.807, 2.05) is 37.3 Å². The van der Waals surface area contributed by atoms with Crippen LogP contribution in [0, 0.1) is 11.8 Å². The minimum Gasteiger partial charge on any atom is -0.480 e. The summed E-state index contributed by atoms with van der Waals surface area (Å²) >= 11 is 0. The van der Waals surface area contributed by atoms with Crippen LogP contribution >= 0.6 is 0 Å². The van der Waals surface area contributed by atoms with E-state index in [4.69, 9.17) is 5.11 Å². The molecule has 3 atom stereocenters. The monoisotopic (exact) mass is 247 g/mol. The molecular formula is C14H17NO3. The summed E-state index contributed by atoms with van der Waals surface area (Å²) in [5.41, 5.74) is 0.911. The number of rotatable bonds is 5.